The Morgan fingerprint density at radius 3 is 2.73 bits per heavy atom. The first kappa shape index (κ1) is 21.7. The first-order valence-electron chi connectivity index (χ1n) is 13.3. The van der Waals surface area contributed by atoms with E-state index in [9.17, 15) is 9.18 Å². The molecule has 6 rings (SSSR count). The molecule has 33 heavy (non-hydrogen) atoms. The molecule has 0 saturated heterocycles. The number of carbonyl (C=O) groups is 1. The van der Waals surface area contributed by atoms with Gasteiger partial charge in [0.25, 0.3) is 0 Å². The number of carbonyl (C=O) groups excluding carboxylic acids is 1. The summed E-state index contributed by atoms with van der Waals surface area (Å²) in [5, 5.41) is 5.19. The molecule has 2 heterocycles. The van der Waals surface area contributed by atoms with Gasteiger partial charge >= 0.3 is 0 Å². The van der Waals surface area contributed by atoms with Crippen molar-refractivity contribution in [2.24, 2.45) is 46.3 Å². The topological polar surface area (TPSA) is 47.8 Å². The Bertz CT molecular complexity index is 1080. The lowest BCUT2D eigenvalue weighted by atomic mass is 9.44. The van der Waals surface area contributed by atoms with E-state index in [2.05, 4.69) is 30.9 Å². The maximum atomic E-state index is 13.6. The Balaban J connectivity index is 1.21. The van der Waals surface area contributed by atoms with Crippen LogP contribution in [0.25, 0.3) is 10.9 Å². The average molecular weight is 452 g/mol. The second-order valence-corrected chi connectivity index (χ2v) is 12.6. The molecule has 0 amide bonds. The number of halogens is 1. The van der Waals surface area contributed by atoms with Crippen molar-refractivity contribution >= 4 is 16.7 Å². The van der Waals surface area contributed by atoms with Gasteiger partial charge in [-0.05, 0) is 91.8 Å². The van der Waals surface area contributed by atoms with E-state index in [4.69, 9.17) is 0 Å². The quantitative estimate of drug-likeness (QED) is 0.505. The maximum Gasteiger partial charge on any atom is 0.213 e. The lowest BCUT2D eigenvalue weighted by Gasteiger charge is -2.61. The number of Topliss-reactive ketones (excluding diaryl/α,β-unsaturated/α-hetero) is 1. The lowest BCUT2D eigenvalue weighted by molar-refractivity contribution is -0.137. The number of ketones is 1. The fraction of sp³-hybridized carbons (Fsp3) is 0.750. The van der Waals surface area contributed by atoms with Crippen molar-refractivity contribution in [2.75, 3.05) is 0 Å². The number of fused-ring (bicyclic) bond motifs is 6. The van der Waals surface area contributed by atoms with Crippen LogP contribution in [-0.2, 0) is 11.3 Å². The van der Waals surface area contributed by atoms with Crippen LogP contribution in [0.2, 0.25) is 0 Å². The molecule has 5 heteroatoms. The molecule has 0 aliphatic heterocycles. The summed E-state index contributed by atoms with van der Waals surface area (Å²) < 4.78 is 15.2. The standard InChI is InChI=1S/C28H38FN3O/c1-17-8-10-27(2)19(12-17)4-5-20-21-6-7-23(28(21,3)11-9-22(20)27)25(33)16-32-15-18-13-26(29)30-14-24(18)31-32/h13-15,17,19-23H,4-12,16H2,1-3H3/t17?,19?,20?,21?,22?,23-,27+,28+/m1/s1. The highest BCUT2D eigenvalue weighted by Crippen LogP contribution is 2.67. The number of hydrogen-bond acceptors (Lipinski definition) is 3. The third-order valence-corrected chi connectivity index (χ3v) is 11.0. The maximum absolute atomic E-state index is 13.6. The first-order chi connectivity index (χ1) is 15.8. The highest BCUT2D eigenvalue weighted by molar-refractivity contribution is 5.83. The molecule has 4 nitrogen and oxygen atoms in total. The Labute approximate surface area is 196 Å². The second-order valence-electron chi connectivity index (χ2n) is 12.6. The van der Waals surface area contributed by atoms with Gasteiger partial charge in [0.15, 0.2) is 5.78 Å². The van der Waals surface area contributed by atoms with Crippen LogP contribution in [0.3, 0.4) is 0 Å². The highest BCUT2D eigenvalue weighted by atomic mass is 19.1. The van der Waals surface area contributed by atoms with Crippen LogP contribution in [0.4, 0.5) is 4.39 Å². The molecule has 178 valence electrons. The van der Waals surface area contributed by atoms with Gasteiger partial charge in [-0.1, -0.05) is 27.2 Å². The van der Waals surface area contributed by atoms with Gasteiger partial charge in [-0.25, -0.2) is 4.98 Å². The zero-order valence-electron chi connectivity index (χ0n) is 20.4. The van der Waals surface area contributed by atoms with Crippen LogP contribution < -0.4 is 0 Å². The van der Waals surface area contributed by atoms with Gasteiger partial charge in [0.05, 0.1) is 12.7 Å². The molecule has 0 spiro atoms. The van der Waals surface area contributed by atoms with E-state index in [0.717, 1.165) is 30.1 Å². The lowest BCUT2D eigenvalue weighted by Crippen LogP contribution is -2.53. The Morgan fingerprint density at radius 1 is 1.09 bits per heavy atom. The van der Waals surface area contributed by atoms with E-state index in [1.807, 2.05) is 0 Å². The number of rotatable bonds is 3. The number of hydrogen-bond donors (Lipinski definition) is 0. The third-order valence-electron chi connectivity index (χ3n) is 11.0. The van der Waals surface area contributed by atoms with Gasteiger partial charge < -0.3 is 0 Å². The van der Waals surface area contributed by atoms with Gasteiger partial charge in [-0.15, -0.1) is 0 Å². The summed E-state index contributed by atoms with van der Waals surface area (Å²) in [6.07, 6.45) is 15.0. The van der Waals surface area contributed by atoms with Gasteiger partial charge in [-0.3, -0.25) is 9.48 Å². The average Bonchev–Trinajstić information content (AvgIpc) is 3.33. The molecule has 2 aromatic heterocycles. The summed E-state index contributed by atoms with van der Waals surface area (Å²) >= 11 is 0. The molecule has 0 N–H and O–H groups in total. The molecule has 0 aromatic carbocycles. The molecule has 5 unspecified atom stereocenters. The summed E-state index contributed by atoms with van der Waals surface area (Å²) in [6, 6.07) is 1.39. The molecule has 4 aliphatic rings. The molecular formula is C28H38FN3O. The molecule has 4 fully saturated rings. The number of pyridine rings is 1. The van der Waals surface area contributed by atoms with Crippen molar-refractivity contribution < 1.29 is 9.18 Å². The summed E-state index contributed by atoms with van der Waals surface area (Å²) in [4.78, 5) is 17.2. The third kappa shape index (κ3) is 3.31. The van der Waals surface area contributed by atoms with Crippen LogP contribution in [0, 0.1) is 52.3 Å². The fourth-order valence-electron chi connectivity index (χ4n) is 9.30. The SMILES string of the molecule is CC1CC[C@@]2(C)C(CCC3C2CC[C@@]2(C)C3CC[C@@H]2C(=O)Cn2cc3cc(F)ncc3n2)C1. The fourth-order valence-corrected chi connectivity index (χ4v) is 9.30. The van der Waals surface area contributed by atoms with Gasteiger partial charge in [0.1, 0.15) is 5.52 Å². The Morgan fingerprint density at radius 2 is 1.88 bits per heavy atom. The van der Waals surface area contributed by atoms with Gasteiger partial charge in [-0.2, -0.15) is 9.49 Å². The summed E-state index contributed by atoms with van der Waals surface area (Å²) in [6.45, 7) is 7.79. The molecular weight excluding hydrogens is 413 g/mol. The summed E-state index contributed by atoms with van der Waals surface area (Å²) in [7, 11) is 0. The van der Waals surface area contributed by atoms with E-state index in [-0.39, 0.29) is 17.9 Å². The molecule has 8 atom stereocenters. The Hall–Kier alpha value is -1.78. The molecule has 2 aromatic rings. The Kier molecular flexibility index (Phi) is 5.01. The molecule has 0 bridgehead atoms. The van der Waals surface area contributed by atoms with E-state index >= 15 is 0 Å². The van der Waals surface area contributed by atoms with Crippen molar-refractivity contribution in [3.63, 3.8) is 0 Å². The minimum Gasteiger partial charge on any atom is -0.297 e. The van der Waals surface area contributed by atoms with Crippen molar-refractivity contribution in [3.8, 4) is 0 Å². The van der Waals surface area contributed by atoms with E-state index in [1.165, 1.54) is 63.6 Å². The van der Waals surface area contributed by atoms with Crippen LogP contribution >= 0.6 is 0 Å². The largest absolute Gasteiger partial charge is 0.297 e. The van der Waals surface area contributed by atoms with Crippen molar-refractivity contribution in [3.05, 3.63) is 24.4 Å². The van der Waals surface area contributed by atoms with Crippen LogP contribution in [0.5, 0.6) is 0 Å². The first-order valence-corrected chi connectivity index (χ1v) is 13.3. The van der Waals surface area contributed by atoms with Gasteiger partial charge in [0, 0.05) is 23.6 Å². The molecule has 0 radical (unpaired) electrons. The summed E-state index contributed by atoms with van der Waals surface area (Å²) in [5.41, 5.74) is 1.30. The van der Waals surface area contributed by atoms with Crippen molar-refractivity contribution in [1.29, 1.82) is 0 Å². The van der Waals surface area contributed by atoms with Crippen LogP contribution in [0.15, 0.2) is 18.5 Å². The van der Waals surface area contributed by atoms with E-state index in [0.29, 0.717) is 28.0 Å². The minimum atomic E-state index is -0.507. The molecule has 4 saturated carbocycles. The smallest absolute Gasteiger partial charge is 0.213 e. The highest BCUT2D eigenvalue weighted by Gasteiger charge is 2.60. The molecule has 4 aliphatic carbocycles. The van der Waals surface area contributed by atoms with Gasteiger partial charge in [0.2, 0.25) is 5.95 Å². The van der Waals surface area contributed by atoms with Crippen molar-refractivity contribution in [1.82, 2.24) is 14.8 Å². The number of nitrogens with zero attached hydrogens (tertiary/aromatic N) is 3. The van der Waals surface area contributed by atoms with Crippen LogP contribution in [-0.4, -0.2) is 20.5 Å². The predicted molar refractivity (Wildman–Crippen MR) is 127 cm³/mol. The second kappa shape index (κ2) is 7.61. The zero-order chi connectivity index (χ0) is 23.0. The predicted octanol–water partition coefficient (Wildman–Crippen LogP) is 6.43. The van der Waals surface area contributed by atoms with Crippen LogP contribution in [0.1, 0.15) is 78.6 Å². The minimum absolute atomic E-state index is 0.127. The summed E-state index contributed by atoms with van der Waals surface area (Å²) in [5.74, 6) is 4.09. The number of aromatic nitrogens is 3. The van der Waals surface area contributed by atoms with Crippen molar-refractivity contribution in [2.45, 2.75) is 85.1 Å². The van der Waals surface area contributed by atoms with E-state index < -0.39 is 5.95 Å². The zero-order valence-corrected chi connectivity index (χ0v) is 20.4. The van der Waals surface area contributed by atoms with E-state index in [1.54, 1.807) is 10.9 Å². The normalized spacial score (nSPS) is 42.5. The monoisotopic (exact) mass is 451 g/mol.